The number of carboxylic acid groups (broad SMARTS) is 1. The standard InChI is InChI=1S/C13H13N3O3S/c1-16-8-10(6-15-16)13(19)14-7-11-9(4-5-20-11)2-3-12(17)18/h2-6,8H,7H2,1H3,(H,14,19)(H,17,18)/b3-2+. The Morgan fingerprint density at radius 1 is 1.55 bits per heavy atom. The fourth-order valence-electron chi connectivity index (χ4n) is 1.60. The maximum Gasteiger partial charge on any atom is 0.328 e. The molecule has 0 aliphatic heterocycles. The normalized spacial score (nSPS) is 10.8. The van der Waals surface area contributed by atoms with Crippen LogP contribution in [0.25, 0.3) is 6.08 Å². The highest BCUT2D eigenvalue weighted by atomic mass is 32.1. The molecule has 0 atom stereocenters. The molecule has 20 heavy (non-hydrogen) atoms. The van der Waals surface area contributed by atoms with E-state index in [2.05, 4.69) is 10.4 Å². The topological polar surface area (TPSA) is 84.2 Å². The first-order valence-corrected chi connectivity index (χ1v) is 6.68. The van der Waals surface area contributed by atoms with Gasteiger partial charge in [-0.3, -0.25) is 9.48 Å². The first kappa shape index (κ1) is 14.0. The van der Waals surface area contributed by atoms with Gasteiger partial charge in [0.05, 0.1) is 18.3 Å². The van der Waals surface area contributed by atoms with Crippen LogP contribution < -0.4 is 5.32 Å². The number of aryl methyl sites for hydroxylation is 1. The van der Waals surface area contributed by atoms with E-state index < -0.39 is 5.97 Å². The van der Waals surface area contributed by atoms with Crippen molar-refractivity contribution in [3.63, 3.8) is 0 Å². The molecule has 0 bridgehead atoms. The molecule has 104 valence electrons. The Balaban J connectivity index is 1.99. The Morgan fingerprint density at radius 3 is 3.00 bits per heavy atom. The molecule has 0 aromatic carbocycles. The maximum absolute atomic E-state index is 11.9. The third kappa shape index (κ3) is 3.55. The number of aliphatic carboxylic acids is 1. The fraction of sp³-hybridized carbons (Fsp3) is 0.154. The van der Waals surface area contributed by atoms with Gasteiger partial charge in [-0.25, -0.2) is 4.79 Å². The lowest BCUT2D eigenvalue weighted by molar-refractivity contribution is -0.131. The average Bonchev–Trinajstić information content (AvgIpc) is 3.02. The summed E-state index contributed by atoms with van der Waals surface area (Å²) in [5.41, 5.74) is 1.29. The van der Waals surface area contributed by atoms with E-state index in [1.54, 1.807) is 17.9 Å². The number of aromatic nitrogens is 2. The van der Waals surface area contributed by atoms with Crippen LogP contribution in [0.1, 0.15) is 20.8 Å². The summed E-state index contributed by atoms with van der Waals surface area (Å²) >= 11 is 1.46. The molecule has 2 aromatic heterocycles. The number of amides is 1. The molecular formula is C13H13N3O3S. The lowest BCUT2D eigenvalue weighted by Gasteiger charge is -2.02. The molecule has 2 rings (SSSR count). The predicted octanol–water partition coefficient (Wildman–Crippen LogP) is 1.51. The molecule has 0 radical (unpaired) electrons. The Kier molecular flexibility index (Phi) is 4.31. The second-order valence-electron chi connectivity index (χ2n) is 4.06. The van der Waals surface area contributed by atoms with E-state index in [0.29, 0.717) is 12.1 Å². The number of thiophene rings is 1. The molecule has 6 nitrogen and oxygen atoms in total. The van der Waals surface area contributed by atoms with Crippen LogP contribution in [-0.2, 0) is 18.4 Å². The van der Waals surface area contributed by atoms with Gasteiger partial charge in [-0.1, -0.05) is 0 Å². The van der Waals surface area contributed by atoms with Crippen molar-refractivity contribution in [1.82, 2.24) is 15.1 Å². The Morgan fingerprint density at radius 2 is 2.35 bits per heavy atom. The molecule has 0 saturated heterocycles. The number of carbonyl (C=O) groups is 2. The van der Waals surface area contributed by atoms with Crippen LogP contribution in [0.3, 0.4) is 0 Å². The van der Waals surface area contributed by atoms with Gasteiger partial charge in [0.25, 0.3) is 5.91 Å². The number of rotatable bonds is 5. The summed E-state index contributed by atoms with van der Waals surface area (Å²) in [7, 11) is 1.74. The first-order chi connectivity index (χ1) is 9.56. The van der Waals surface area contributed by atoms with E-state index in [1.807, 2.05) is 11.4 Å². The van der Waals surface area contributed by atoms with Gasteiger partial charge in [0.1, 0.15) is 0 Å². The Labute approximate surface area is 119 Å². The van der Waals surface area contributed by atoms with Gasteiger partial charge in [0, 0.05) is 24.2 Å². The second-order valence-corrected chi connectivity index (χ2v) is 5.06. The smallest absolute Gasteiger partial charge is 0.328 e. The fourth-order valence-corrected chi connectivity index (χ4v) is 2.41. The number of hydrogen-bond acceptors (Lipinski definition) is 4. The van der Waals surface area contributed by atoms with Crippen LogP contribution in [0.2, 0.25) is 0 Å². The lowest BCUT2D eigenvalue weighted by atomic mass is 10.2. The van der Waals surface area contributed by atoms with Gasteiger partial charge in [0.15, 0.2) is 0 Å². The molecule has 1 amide bonds. The van der Waals surface area contributed by atoms with E-state index in [4.69, 9.17) is 5.11 Å². The molecule has 0 unspecified atom stereocenters. The van der Waals surface area contributed by atoms with Gasteiger partial charge >= 0.3 is 5.97 Å². The molecule has 0 spiro atoms. The van der Waals surface area contributed by atoms with Gasteiger partial charge in [0.2, 0.25) is 0 Å². The molecular weight excluding hydrogens is 278 g/mol. The van der Waals surface area contributed by atoms with Crippen molar-refractivity contribution < 1.29 is 14.7 Å². The highest BCUT2D eigenvalue weighted by molar-refractivity contribution is 7.10. The molecule has 0 fully saturated rings. The molecule has 2 N–H and O–H groups in total. The summed E-state index contributed by atoms with van der Waals surface area (Å²) < 4.78 is 1.56. The number of hydrogen-bond donors (Lipinski definition) is 2. The SMILES string of the molecule is Cn1cc(C(=O)NCc2sccc2/C=C/C(=O)O)cn1. The van der Waals surface area contributed by atoms with E-state index in [1.165, 1.54) is 23.6 Å². The van der Waals surface area contributed by atoms with Crippen LogP contribution in [0.4, 0.5) is 0 Å². The maximum atomic E-state index is 11.9. The van der Waals surface area contributed by atoms with Crippen molar-refractivity contribution in [3.8, 4) is 0 Å². The number of nitrogens with one attached hydrogen (secondary N) is 1. The van der Waals surface area contributed by atoms with Crippen LogP contribution in [0.15, 0.2) is 29.9 Å². The summed E-state index contributed by atoms with van der Waals surface area (Å²) in [6.45, 7) is 0.352. The van der Waals surface area contributed by atoms with E-state index in [-0.39, 0.29) is 5.91 Å². The first-order valence-electron chi connectivity index (χ1n) is 5.80. The van der Waals surface area contributed by atoms with Crippen molar-refractivity contribution in [1.29, 1.82) is 0 Å². The third-order valence-electron chi connectivity index (χ3n) is 2.56. The summed E-state index contributed by atoms with van der Waals surface area (Å²) in [5.74, 6) is -1.21. The third-order valence-corrected chi connectivity index (χ3v) is 3.50. The van der Waals surface area contributed by atoms with Crippen LogP contribution >= 0.6 is 11.3 Å². The molecule has 2 aromatic rings. The van der Waals surface area contributed by atoms with E-state index in [9.17, 15) is 9.59 Å². The minimum absolute atomic E-state index is 0.209. The predicted molar refractivity (Wildman–Crippen MR) is 75.4 cm³/mol. The minimum atomic E-state index is -0.999. The summed E-state index contributed by atoms with van der Waals surface area (Å²) in [6.07, 6.45) is 5.73. The van der Waals surface area contributed by atoms with Crippen molar-refractivity contribution >= 4 is 29.3 Å². The summed E-state index contributed by atoms with van der Waals surface area (Å²) in [4.78, 5) is 23.3. The van der Waals surface area contributed by atoms with Gasteiger partial charge in [-0.05, 0) is 23.1 Å². The van der Waals surface area contributed by atoms with Crippen molar-refractivity contribution in [2.24, 2.45) is 7.05 Å². The second kappa shape index (κ2) is 6.16. The lowest BCUT2D eigenvalue weighted by Crippen LogP contribution is -2.22. The van der Waals surface area contributed by atoms with Crippen LogP contribution in [0, 0.1) is 0 Å². The van der Waals surface area contributed by atoms with E-state index in [0.717, 1.165) is 16.5 Å². The molecule has 0 aliphatic rings. The van der Waals surface area contributed by atoms with Gasteiger partial charge < -0.3 is 10.4 Å². The summed E-state index contributed by atoms with van der Waals surface area (Å²) in [6, 6.07) is 1.82. The average molecular weight is 291 g/mol. The zero-order valence-corrected chi connectivity index (χ0v) is 11.6. The van der Waals surface area contributed by atoms with Gasteiger partial charge in [-0.2, -0.15) is 5.10 Å². The zero-order chi connectivity index (χ0) is 14.5. The molecule has 0 aliphatic carbocycles. The molecule has 7 heteroatoms. The van der Waals surface area contributed by atoms with Crippen molar-refractivity contribution in [2.75, 3.05) is 0 Å². The number of nitrogens with zero attached hydrogens (tertiary/aromatic N) is 2. The van der Waals surface area contributed by atoms with Crippen LogP contribution in [0.5, 0.6) is 0 Å². The zero-order valence-electron chi connectivity index (χ0n) is 10.7. The number of carboxylic acids is 1. The largest absolute Gasteiger partial charge is 0.478 e. The molecule has 0 saturated carbocycles. The monoisotopic (exact) mass is 291 g/mol. The van der Waals surface area contributed by atoms with Crippen molar-refractivity contribution in [3.05, 3.63) is 45.9 Å². The highest BCUT2D eigenvalue weighted by Crippen LogP contribution is 2.18. The quantitative estimate of drug-likeness (QED) is 0.818. The Bertz CT molecular complexity index is 657. The van der Waals surface area contributed by atoms with Gasteiger partial charge in [-0.15, -0.1) is 11.3 Å². The van der Waals surface area contributed by atoms with Crippen LogP contribution in [-0.4, -0.2) is 26.8 Å². The Hall–Kier alpha value is -2.41. The van der Waals surface area contributed by atoms with E-state index >= 15 is 0 Å². The summed E-state index contributed by atoms with van der Waals surface area (Å²) in [5, 5.41) is 17.2. The van der Waals surface area contributed by atoms with Crippen molar-refractivity contribution in [2.45, 2.75) is 6.54 Å². The molecule has 2 heterocycles. The minimum Gasteiger partial charge on any atom is -0.478 e. The highest BCUT2D eigenvalue weighted by Gasteiger charge is 2.09. The number of carbonyl (C=O) groups excluding carboxylic acids is 1.